The maximum atomic E-state index is 11.9. The number of nitrogens with one attached hydrogen (secondary N) is 1. The molecule has 0 radical (unpaired) electrons. The Kier molecular flexibility index (Phi) is 7.69. The lowest BCUT2D eigenvalue weighted by Gasteiger charge is -2.23. The van der Waals surface area contributed by atoms with Gasteiger partial charge in [0.15, 0.2) is 5.11 Å². The quantitative estimate of drug-likeness (QED) is 0.644. The van der Waals surface area contributed by atoms with Crippen LogP contribution in [0.2, 0.25) is 0 Å². The minimum atomic E-state index is -0.183. The summed E-state index contributed by atoms with van der Waals surface area (Å²) in [6.07, 6.45) is 5.33. The monoisotopic (exact) mass is 304 g/mol. The molecule has 0 bridgehead atoms. The van der Waals surface area contributed by atoms with Crippen molar-refractivity contribution in [2.24, 2.45) is 0 Å². The van der Waals surface area contributed by atoms with Gasteiger partial charge >= 0.3 is 0 Å². The second-order valence-electron chi connectivity index (χ2n) is 5.03. The van der Waals surface area contributed by atoms with E-state index < -0.39 is 0 Å². The van der Waals surface area contributed by atoms with Crippen LogP contribution in [0.1, 0.15) is 37.8 Å². The minimum absolute atomic E-state index is 0.183. The molecule has 1 rings (SSSR count). The van der Waals surface area contributed by atoms with Gasteiger partial charge in [-0.2, -0.15) is 0 Å². The van der Waals surface area contributed by atoms with Crippen LogP contribution < -0.4 is 5.32 Å². The van der Waals surface area contributed by atoms with Gasteiger partial charge in [-0.1, -0.05) is 43.7 Å². The standard InChI is InChI=1S/C17H24N2OS/c1-4-12-19(13-5-2)17(21)18-16(20)11-10-15-8-6-14(3)7-9-15/h6-11H,4-5,12-13H2,1-3H3,(H,18,20,21)/b11-10+. The van der Waals surface area contributed by atoms with E-state index in [1.165, 1.54) is 11.6 Å². The zero-order chi connectivity index (χ0) is 15.7. The Hall–Kier alpha value is -1.68. The summed E-state index contributed by atoms with van der Waals surface area (Å²) in [4.78, 5) is 13.9. The second kappa shape index (κ2) is 9.29. The molecule has 1 aromatic rings. The molecule has 3 nitrogen and oxygen atoms in total. The summed E-state index contributed by atoms with van der Waals surface area (Å²) in [6.45, 7) is 7.98. The van der Waals surface area contributed by atoms with Crippen LogP contribution in [-0.4, -0.2) is 29.0 Å². The van der Waals surface area contributed by atoms with Crippen molar-refractivity contribution in [3.63, 3.8) is 0 Å². The summed E-state index contributed by atoms with van der Waals surface area (Å²) in [6, 6.07) is 8.01. The molecular weight excluding hydrogens is 280 g/mol. The highest BCUT2D eigenvalue weighted by Gasteiger charge is 2.09. The summed E-state index contributed by atoms with van der Waals surface area (Å²) in [5.74, 6) is -0.183. The fourth-order valence-electron chi connectivity index (χ4n) is 1.93. The summed E-state index contributed by atoms with van der Waals surface area (Å²) < 4.78 is 0. The number of hydrogen-bond acceptors (Lipinski definition) is 2. The Morgan fingerprint density at radius 1 is 1.19 bits per heavy atom. The third-order valence-corrected chi connectivity index (χ3v) is 3.37. The van der Waals surface area contributed by atoms with Gasteiger partial charge in [0.2, 0.25) is 5.91 Å². The van der Waals surface area contributed by atoms with Crippen molar-refractivity contribution in [3.05, 3.63) is 41.5 Å². The average molecular weight is 304 g/mol. The Bertz CT molecular complexity index is 488. The molecular formula is C17H24N2OS. The number of carbonyl (C=O) groups is 1. The molecule has 0 aliphatic heterocycles. The van der Waals surface area contributed by atoms with Crippen molar-refractivity contribution < 1.29 is 4.79 Å². The highest BCUT2D eigenvalue weighted by molar-refractivity contribution is 7.80. The van der Waals surface area contributed by atoms with Crippen LogP contribution >= 0.6 is 12.2 Å². The fraction of sp³-hybridized carbons (Fsp3) is 0.412. The Morgan fingerprint density at radius 2 is 1.76 bits per heavy atom. The number of rotatable bonds is 6. The van der Waals surface area contributed by atoms with E-state index in [9.17, 15) is 4.79 Å². The van der Waals surface area contributed by atoms with E-state index in [1.807, 2.05) is 36.1 Å². The zero-order valence-electron chi connectivity index (χ0n) is 13.1. The molecule has 114 valence electrons. The van der Waals surface area contributed by atoms with Crippen LogP contribution in [-0.2, 0) is 4.79 Å². The van der Waals surface area contributed by atoms with Crippen molar-refractivity contribution in [2.45, 2.75) is 33.6 Å². The lowest BCUT2D eigenvalue weighted by Crippen LogP contribution is -2.42. The molecule has 0 atom stereocenters. The Morgan fingerprint density at radius 3 is 2.29 bits per heavy atom. The molecule has 1 amide bonds. The summed E-state index contributed by atoms with van der Waals surface area (Å²) in [7, 11) is 0. The van der Waals surface area contributed by atoms with Crippen molar-refractivity contribution in [3.8, 4) is 0 Å². The van der Waals surface area contributed by atoms with Gasteiger partial charge in [-0.25, -0.2) is 0 Å². The van der Waals surface area contributed by atoms with Gasteiger partial charge in [-0.05, 0) is 43.6 Å². The molecule has 4 heteroatoms. The number of benzene rings is 1. The van der Waals surface area contributed by atoms with Gasteiger partial charge in [0.05, 0.1) is 0 Å². The largest absolute Gasteiger partial charge is 0.349 e. The van der Waals surface area contributed by atoms with E-state index in [-0.39, 0.29) is 5.91 Å². The topological polar surface area (TPSA) is 32.3 Å². The smallest absolute Gasteiger partial charge is 0.250 e. The molecule has 0 unspecified atom stereocenters. The zero-order valence-corrected chi connectivity index (χ0v) is 13.9. The van der Waals surface area contributed by atoms with E-state index in [1.54, 1.807) is 6.08 Å². The molecule has 0 saturated carbocycles. The molecule has 0 aliphatic rings. The highest BCUT2D eigenvalue weighted by Crippen LogP contribution is 2.04. The number of aryl methyl sites for hydroxylation is 1. The number of amides is 1. The first-order chi connectivity index (χ1) is 10.1. The number of hydrogen-bond donors (Lipinski definition) is 1. The summed E-state index contributed by atoms with van der Waals surface area (Å²) in [5.41, 5.74) is 2.20. The maximum Gasteiger partial charge on any atom is 0.250 e. The lowest BCUT2D eigenvalue weighted by atomic mass is 10.1. The minimum Gasteiger partial charge on any atom is -0.349 e. The normalized spacial score (nSPS) is 10.6. The molecule has 0 saturated heterocycles. The Balaban J connectivity index is 2.55. The predicted octanol–water partition coefficient (Wildman–Crippen LogP) is 3.53. The summed E-state index contributed by atoms with van der Waals surface area (Å²) >= 11 is 5.29. The molecule has 0 aromatic heterocycles. The number of carbonyl (C=O) groups excluding carboxylic acids is 1. The first kappa shape index (κ1) is 17.4. The summed E-state index contributed by atoms with van der Waals surface area (Å²) in [5, 5.41) is 3.27. The van der Waals surface area contributed by atoms with E-state index in [0.29, 0.717) is 5.11 Å². The van der Waals surface area contributed by atoms with Crippen molar-refractivity contribution >= 4 is 29.3 Å². The van der Waals surface area contributed by atoms with Gasteiger partial charge in [-0.3, -0.25) is 10.1 Å². The van der Waals surface area contributed by atoms with Crippen molar-refractivity contribution in [2.75, 3.05) is 13.1 Å². The molecule has 0 fully saturated rings. The lowest BCUT2D eigenvalue weighted by molar-refractivity contribution is -0.115. The van der Waals surface area contributed by atoms with Gasteiger partial charge < -0.3 is 4.90 Å². The first-order valence-corrected chi connectivity index (χ1v) is 7.82. The van der Waals surface area contributed by atoms with Crippen LogP contribution in [0.15, 0.2) is 30.3 Å². The second-order valence-corrected chi connectivity index (χ2v) is 5.41. The van der Waals surface area contributed by atoms with Gasteiger partial charge in [0, 0.05) is 19.2 Å². The first-order valence-electron chi connectivity index (χ1n) is 7.41. The van der Waals surface area contributed by atoms with E-state index >= 15 is 0 Å². The average Bonchev–Trinajstić information content (AvgIpc) is 2.46. The van der Waals surface area contributed by atoms with E-state index in [0.717, 1.165) is 31.5 Å². The van der Waals surface area contributed by atoms with Crippen molar-refractivity contribution in [1.82, 2.24) is 10.2 Å². The third kappa shape index (κ3) is 6.54. The fourth-order valence-corrected chi connectivity index (χ4v) is 2.21. The van der Waals surface area contributed by atoms with Gasteiger partial charge in [0.25, 0.3) is 0 Å². The molecule has 1 N–H and O–H groups in total. The molecule has 21 heavy (non-hydrogen) atoms. The van der Waals surface area contributed by atoms with Crippen molar-refractivity contribution in [1.29, 1.82) is 0 Å². The predicted molar refractivity (Wildman–Crippen MR) is 93.1 cm³/mol. The molecule has 0 aliphatic carbocycles. The molecule has 1 aromatic carbocycles. The van der Waals surface area contributed by atoms with Gasteiger partial charge in [0.1, 0.15) is 0 Å². The van der Waals surface area contributed by atoms with Crippen LogP contribution in [0.3, 0.4) is 0 Å². The van der Waals surface area contributed by atoms with Gasteiger partial charge in [-0.15, -0.1) is 0 Å². The highest BCUT2D eigenvalue weighted by atomic mass is 32.1. The van der Waals surface area contributed by atoms with Crippen LogP contribution in [0, 0.1) is 6.92 Å². The van der Waals surface area contributed by atoms with Crippen LogP contribution in [0.5, 0.6) is 0 Å². The number of nitrogens with zero attached hydrogens (tertiary/aromatic N) is 1. The number of thiocarbonyl (C=S) groups is 1. The van der Waals surface area contributed by atoms with E-state index in [2.05, 4.69) is 19.2 Å². The molecule has 0 spiro atoms. The SMILES string of the molecule is CCCN(CCC)C(=S)NC(=O)/C=C/c1ccc(C)cc1. The maximum absolute atomic E-state index is 11.9. The van der Waals surface area contributed by atoms with Crippen LogP contribution in [0.4, 0.5) is 0 Å². The Labute approximate surface area is 133 Å². The third-order valence-electron chi connectivity index (χ3n) is 3.01. The van der Waals surface area contributed by atoms with Crippen LogP contribution in [0.25, 0.3) is 6.08 Å². The van der Waals surface area contributed by atoms with E-state index in [4.69, 9.17) is 12.2 Å². The molecule has 0 heterocycles.